The predicted molar refractivity (Wildman–Crippen MR) is 71.8 cm³/mol. The van der Waals surface area contributed by atoms with Gasteiger partial charge in [0.1, 0.15) is 0 Å². The van der Waals surface area contributed by atoms with E-state index >= 15 is 0 Å². The molecule has 2 heteroatoms. The topological polar surface area (TPSA) is 15.3 Å². The Bertz CT molecular complexity index is 160. The zero-order chi connectivity index (χ0) is 12.0. The van der Waals surface area contributed by atoms with Gasteiger partial charge in [0.2, 0.25) is 0 Å². The highest BCUT2D eigenvalue weighted by Gasteiger charge is 2.19. The maximum Gasteiger partial charge on any atom is 0.00218 e. The molecule has 0 bridgehead atoms. The molecule has 0 saturated carbocycles. The van der Waals surface area contributed by atoms with E-state index < -0.39 is 0 Å². The summed E-state index contributed by atoms with van der Waals surface area (Å²) in [5, 5.41) is 3.57. The molecule has 1 unspecified atom stereocenters. The van der Waals surface area contributed by atoms with Crippen LogP contribution in [0, 0.1) is 11.8 Å². The molecule has 1 heterocycles. The molecule has 2 nitrogen and oxygen atoms in total. The van der Waals surface area contributed by atoms with Gasteiger partial charge in [-0.3, -0.25) is 0 Å². The molecule has 0 amide bonds. The molecule has 1 atom stereocenters. The lowest BCUT2D eigenvalue weighted by molar-refractivity contribution is 0.164. The SMILES string of the molecule is CC(C)CCN1CCCC(CNC(C)C)C1. The largest absolute Gasteiger partial charge is 0.314 e. The Morgan fingerprint density at radius 1 is 1.25 bits per heavy atom. The molecule has 1 fully saturated rings. The lowest BCUT2D eigenvalue weighted by Gasteiger charge is -2.33. The zero-order valence-corrected chi connectivity index (χ0v) is 11.6. The molecule has 0 aromatic heterocycles. The normalized spacial score (nSPS) is 23.2. The third-order valence-electron chi connectivity index (χ3n) is 3.44. The maximum absolute atomic E-state index is 3.57. The molecule has 1 N–H and O–H groups in total. The molecular weight excluding hydrogens is 196 g/mol. The second kappa shape index (κ2) is 7.29. The first-order valence-corrected chi connectivity index (χ1v) is 7.03. The first-order chi connectivity index (χ1) is 7.58. The third kappa shape index (κ3) is 5.86. The summed E-state index contributed by atoms with van der Waals surface area (Å²) >= 11 is 0. The smallest absolute Gasteiger partial charge is 0.00218 e. The lowest BCUT2D eigenvalue weighted by atomic mass is 9.97. The van der Waals surface area contributed by atoms with Crippen molar-refractivity contribution in [3.05, 3.63) is 0 Å². The summed E-state index contributed by atoms with van der Waals surface area (Å²) in [4.78, 5) is 2.66. The first kappa shape index (κ1) is 14.0. The van der Waals surface area contributed by atoms with Crippen molar-refractivity contribution < 1.29 is 0 Å². The molecule has 0 aromatic rings. The van der Waals surface area contributed by atoms with Crippen LogP contribution in [-0.4, -0.2) is 37.1 Å². The van der Waals surface area contributed by atoms with E-state index in [-0.39, 0.29) is 0 Å². The van der Waals surface area contributed by atoms with Crippen molar-refractivity contribution in [3.63, 3.8) is 0 Å². The van der Waals surface area contributed by atoms with Gasteiger partial charge in [0.05, 0.1) is 0 Å². The summed E-state index contributed by atoms with van der Waals surface area (Å²) in [7, 11) is 0. The van der Waals surface area contributed by atoms with Crippen molar-refractivity contribution >= 4 is 0 Å². The van der Waals surface area contributed by atoms with E-state index in [4.69, 9.17) is 0 Å². The van der Waals surface area contributed by atoms with E-state index in [2.05, 4.69) is 37.9 Å². The summed E-state index contributed by atoms with van der Waals surface area (Å²) in [6.45, 7) is 14.3. The van der Waals surface area contributed by atoms with Gasteiger partial charge in [0, 0.05) is 12.6 Å². The van der Waals surface area contributed by atoms with E-state index in [0.717, 1.165) is 11.8 Å². The van der Waals surface area contributed by atoms with Crippen LogP contribution in [0.15, 0.2) is 0 Å². The second-order valence-electron chi connectivity index (χ2n) is 6.05. The highest BCUT2D eigenvalue weighted by molar-refractivity contribution is 4.75. The number of nitrogens with one attached hydrogen (secondary N) is 1. The van der Waals surface area contributed by atoms with Crippen molar-refractivity contribution in [1.29, 1.82) is 0 Å². The van der Waals surface area contributed by atoms with E-state index in [1.54, 1.807) is 0 Å². The Kier molecular flexibility index (Phi) is 6.37. The van der Waals surface area contributed by atoms with Gasteiger partial charge in [0.25, 0.3) is 0 Å². The minimum absolute atomic E-state index is 0.631. The number of nitrogens with zero attached hydrogens (tertiary/aromatic N) is 1. The quantitative estimate of drug-likeness (QED) is 0.749. The van der Waals surface area contributed by atoms with Crippen molar-refractivity contribution in [2.45, 2.75) is 53.0 Å². The summed E-state index contributed by atoms with van der Waals surface area (Å²) in [5.41, 5.74) is 0. The number of likely N-dealkylation sites (tertiary alicyclic amines) is 1. The number of hydrogen-bond acceptors (Lipinski definition) is 2. The van der Waals surface area contributed by atoms with Gasteiger partial charge in [-0.25, -0.2) is 0 Å². The van der Waals surface area contributed by atoms with Crippen LogP contribution >= 0.6 is 0 Å². The molecule has 1 saturated heterocycles. The van der Waals surface area contributed by atoms with Crippen LogP contribution in [0.1, 0.15) is 47.0 Å². The van der Waals surface area contributed by atoms with E-state index in [1.165, 1.54) is 45.4 Å². The molecule has 0 aliphatic carbocycles. The molecule has 0 aromatic carbocycles. The molecule has 1 aliphatic heterocycles. The second-order valence-corrected chi connectivity index (χ2v) is 6.05. The number of piperidine rings is 1. The number of hydrogen-bond donors (Lipinski definition) is 1. The van der Waals surface area contributed by atoms with Crippen LogP contribution < -0.4 is 5.32 Å². The van der Waals surface area contributed by atoms with Gasteiger partial charge in [0.15, 0.2) is 0 Å². The van der Waals surface area contributed by atoms with Gasteiger partial charge in [-0.2, -0.15) is 0 Å². The third-order valence-corrected chi connectivity index (χ3v) is 3.44. The van der Waals surface area contributed by atoms with Crippen LogP contribution in [0.3, 0.4) is 0 Å². The standard InChI is InChI=1S/C14H30N2/c1-12(2)7-9-16-8-5-6-14(11-16)10-15-13(3)4/h12-15H,5-11H2,1-4H3. The molecule has 1 rings (SSSR count). The average molecular weight is 226 g/mol. The van der Waals surface area contributed by atoms with Crippen molar-refractivity contribution in [3.8, 4) is 0 Å². The summed E-state index contributed by atoms with van der Waals surface area (Å²) in [6, 6.07) is 0.631. The van der Waals surface area contributed by atoms with Crippen LogP contribution in [0.2, 0.25) is 0 Å². The fourth-order valence-electron chi connectivity index (χ4n) is 2.36. The van der Waals surface area contributed by atoms with Crippen molar-refractivity contribution in [1.82, 2.24) is 10.2 Å². The highest BCUT2D eigenvalue weighted by atomic mass is 15.1. The van der Waals surface area contributed by atoms with E-state index in [0.29, 0.717) is 6.04 Å². The van der Waals surface area contributed by atoms with E-state index in [1.807, 2.05) is 0 Å². The van der Waals surface area contributed by atoms with Gasteiger partial charge >= 0.3 is 0 Å². The van der Waals surface area contributed by atoms with Crippen LogP contribution in [0.25, 0.3) is 0 Å². The minimum atomic E-state index is 0.631. The van der Waals surface area contributed by atoms with Crippen LogP contribution in [-0.2, 0) is 0 Å². The fourth-order valence-corrected chi connectivity index (χ4v) is 2.36. The van der Waals surface area contributed by atoms with Gasteiger partial charge in [-0.1, -0.05) is 27.7 Å². The van der Waals surface area contributed by atoms with Crippen molar-refractivity contribution in [2.75, 3.05) is 26.2 Å². The van der Waals surface area contributed by atoms with Crippen LogP contribution in [0.5, 0.6) is 0 Å². The Morgan fingerprint density at radius 3 is 2.62 bits per heavy atom. The number of rotatable bonds is 6. The van der Waals surface area contributed by atoms with E-state index in [9.17, 15) is 0 Å². The molecule has 96 valence electrons. The Hall–Kier alpha value is -0.0800. The molecule has 0 spiro atoms. The van der Waals surface area contributed by atoms with Gasteiger partial charge in [-0.15, -0.1) is 0 Å². The Morgan fingerprint density at radius 2 is 2.00 bits per heavy atom. The van der Waals surface area contributed by atoms with Crippen LogP contribution in [0.4, 0.5) is 0 Å². The molecule has 16 heavy (non-hydrogen) atoms. The lowest BCUT2D eigenvalue weighted by Crippen LogP contribution is -2.41. The monoisotopic (exact) mass is 226 g/mol. The Labute approximate surface area is 102 Å². The molecule has 0 radical (unpaired) electrons. The molecular formula is C14H30N2. The van der Waals surface area contributed by atoms with Gasteiger partial charge < -0.3 is 10.2 Å². The summed E-state index contributed by atoms with van der Waals surface area (Å²) in [6.07, 6.45) is 4.16. The van der Waals surface area contributed by atoms with Crippen molar-refractivity contribution in [2.24, 2.45) is 11.8 Å². The highest BCUT2D eigenvalue weighted by Crippen LogP contribution is 2.16. The predicted octanol–water partition coefficient (Wildman–Crippen LogP) is 2.74. The molecule has 1 aliphatic rings. The Balaban J connectivity index is 2.19. The first-order valence-electron chi connectivity index (χ1n) is 7.03. The maximum atomic E-state index is 3.57. The average Bonchev–Trinajstić information content (AvgIpc) is 2.24. The summed E-state index contributed by atoms with van der Waals surface area (Å²) in [5.74, 6) is 1.72. The van der Waals surface area contributed by atoms with Gasteiger partial charge in [-0.05, 0) is 50.7 Å². The fraction of sp³-hybridized carbons (Fsp3) is 1.00. The zero-order valence-electron chi connectivity index (χ0n) is 11.6. The minimum Gasteiger partial charge on any atom is -0.314 e. The summed E-state index contributed by atoms with van der Waals surface area (Å²) < 4.78 is 0.